The Labute approximate surface area is 127 Å². The first kappa shape index (κ1) is 15.5. The number of anilines is 1. The maximum absolute atomic E-state index is 11.9. The number of esters is 1. The summed E-state index contributed by atoms with van der Waals surface area (Å²) in [5.41, 5.74) is 6.77. The van der Waals surface area contributed by atoms with E-state index >= 15 is 0 Å². The summed E-state index contributed by atoms with van der Waals surface area (Å²) in [4.78, 5) is 26.5. The molecule has 0 aliphatic rings. The molecule has 114 valence electrons. The molecule has 2 rings (SSSR count). The van der Waals surface area contributed by atoms with E-state index in [2.05, 4.69) is 4.98 Å². The zero-order valence-electron chi connectivity index (χ0n) is 12.1. The van der Waals surface area contributed by atoms with Crippen molar-refractivity contribution in [3.05, 3.63) is 53.7 Å². The summed E-state index contributed by atoms with van der Waals surface area (Å²) in [5, 5.41) is 0. The van der Waals surface area contributed by atoms with Gasteiger partial charge in [0.25, 0.3) is 0 Å². The number of pyridine rings is 1. The van der Waals surface area contributed by atoms with E-state index in [1.54, 1.807) is 49.5 Å². The Hall–Kier alpha value is -2.89. The fourth-order valence-electron chi connectivity index (χ4n) is 1.77. The maximum Gasteiger partial charge on any atom is 0.347 e. The Morgan fingerprint density at radius 2 is 2.18 bits per heavy atom. The second kappa shape index (κ2) is 7.21. The van der Waals surface area contributed by atoms with Gasteiger partial charge in [0.2, 0.25) is 0 Å². The SMILES string of the molecule is CC(Oc1cccc(C=O)c1)C(=O)OCc1ccnc(N)c1. The monoisotopic (exact) mass is 300 g/mol. The Balaban J connectivity index is 1.90. The molecule has 2 N–H and O–H groups in total. The van der Waals surface area contributed by atoms with Crippen LogP contribution in [-0.4, -0.2) is 23.3 Å². The molecule has 6 heteroatoms. The van der Waals surface area contributed by atoms with Gasteiger partial charge >= 0.3 is 5.97 Å². The van der Waals surface area contributed by atoms with Gasteiger partial charge < -0.3 is 15.2 Å². The third kappa shape index (κ3) is 4.31. The smallest absolute Gasteiger partial charge is 0.347 e. The van der Waals surface area contributed by atoms with Crippen LogP contribution in [0.3, 0.4) is 0 Å². The lowest BCUT2D eigenvalue weighted by molar-refractivity contribution is -0.152. The molecule has 1 heterocycles. The number of carbonyl (C=O) groups excluding carboxylic acids is 2. The third-order valence-electron chi connectivity index (χ3n) is 2.87. The predicted octanol–water partition coefficient (Wildman–Crippen LogP) is 1.99. The molecule has 0 amide bonds. The van der Waals surface area contributed by atoms with Crippen LogP contribution in [0, 0.1) is 0 Å². The van der Waals surface area contributed by atoms with E-state index in [0.29, 0.717) is 23.4 Å². The van der Waals surface area contributed by atoms with Crippen LogP contribution in [0.5, 0.6) is 5.75 Å². The van der Waals surface area contributed by atoms with Gasteiger partial charge in [0.05, 0.1) is 0 Å². The number of nitrogens with zero attached hydrogens (tertiary/aromatic N) is 1. The number of aromatic nitrogens is 1. The van der Waals surface area contributed by atoms with E-state index in [4.69, 9.17) is 15.2 Å². The van der Waals surface area contributed by atoms with Gasteiger partial charge in [0.1, 0.15) is 24.5 Å². The summed E-state index contributed by atoms with van der Waals surface area (Å²) >= 11 is 0. The Morgan fingerprint density at radius 1 is 1.36 bits per heavy atom. The number of aldehydes is 1. The molecule has 0 radical (unpaired) electrons. The lowest BCUT2D eigenvalue weighted by atomic mass is 10.2. The second-order valence-corrected chi connectivity index (χ2v) is 4.65. The molecule has 0 saturated carbocycles. The first-order valence-electron chi connectivity index (χ1n) is 6.67. The van der Waals surface area contributed by atoms with Gasteiger partial charge in [-0.2, -0.15) is 0 Å². The predicted molar refractivity (Wildman–Crippen MR) is 80.4 cm³/mol. The van der Waals surface area contributed by atoms with Crippen LogP contribution < -0.4 is 10.5 Å². The topological polar surface area (TPSA) is 91.5 Å². The zero-order chi connectivity index (χ0) is 15.9. The highest BCUT2D eigenvalue weighted by Gasteiger charge is 2.16. The fraction of sp³-hybridized carbons (Fsp3) is 0.188. The summed E-state index contributed by atoms with van der Waals surface area (Å²) in [5.74, 6) is 0.289. The molecule has 6 nitrogen and oxygen atoms in total. The summed E-state index contributed by atoms with van der Waals surface area (Å²) in [6, 6.07) is 9.89. The highest BCUT2D eigenvalue weighted by atomic mass is 16.6. The summed E-state index contributed by atoms with van der Waals surface area (Å²) < 4.78 is 10.6. The summed E-state index contributed by atoms with van der Waals surface area (Å²) in [6.07, 6.45) is 1.47. The van der Waals surface area contributed by atoms with E-state index < -0.39 is 12.1 Å². The number of benzene rings is 1. The van der Waals surface area contributed by atoms with Crippen molar-refractivity contribution in [1.29, 1.82) is 0 Å². The van der Waals surface area contributed by atoms with Gasteiger partial charge in [-0.05, 0) is 36.8 Å². The number of ether oxygens (including phenoxy) is 2. The van der Waals surface area contributed by atoms with Crippen molar-refractivity contribution in [2.24, 2.45) is 0 Å². The van der Waals surface area contributed by atoms with Crippen molar-refractivity contribution in [3.8, 4) is 5.75 Å². The average Bonchev–Trinajstić information content (AvgIpc) is 2.52. The van der Waals surface area contributed by atoms with Gasteiger partial charge in [-0.3, -0.25) is 4.79 Å². The van der Waals surface area contributed by atoms with Crippen LogP contribution in [0.1, 0.15) is 22.8 Å². The zero-order valence-corrected chi connectivity index (χ0v) is 12.1. The van der Waals surface area contributed by atoms with Crippen molar-refractivity contribution in [2.45, 2.75) is 19.6 Å². The molecular weight excluding hydrogens is 284 g/mol. The first-order chi connectivity index (χ1) is 10.6. The van der Waals surface area contributed by atoms with Crippen LogP contribution >= 0.6 is 0 Å². The molecular formula is C16H16N2O4. The van der Waals surface area contributed by atoms with Gasteiger partial charge in [-0.1, -0.05) is 12.1 Å². The molecule has 1 aromatic carbocycles. The molecule has 0 spiro atoms. The fourth-order valence-corrected chi connectivity index (χ4v) is 1.77. The van der Waals surface area contributed by atoms with Crippen molar-refractivity contribution in [3.63, 3.8) is 0 Å². The van der Waals surface area contributed by atoms with Crippen LogP contribution in [0.15, 0.2) is 42.6 Å². The van der Waals surface area contributed by atoms with Crippen molar-refractivity contribution >= 4 is 18.1 Å². The number of hydrogen-bond donors (Lipinski definition) is 1. The number of rotatable bonds is 6. The molecule has 0 bridgehead atoms. The number of nitrogens with two attached hydrogens (primary N) is 1. The minimum atomic E-state index is -0.791. The van der Waals surface area contributed by atoms with Crippen LogP contribution in [0.2, 0.25) is 0 Å². The molecule has 0 aliphatic carbocycles. The minimum Gasteiger partial charge on any atom is -0.479 e. The normalized spacial score (nSPS) is 11.5. The summed E-state index contributed by atoms with van der Waals surface area (Å²) in [7, 11) is 0. The lowest BCUT2D eigenvalue weighted by Gasteiger charge is -2.14. The van der Waals surface area contributed by atoms with Gasteiger partial charge in [0.15, 0.2) is 6.10 Å². The Kier molecular flexibility index (Phi) is 5.08. The molecule has 22 heavy (non-hydrogen) atoms. The Morgan fingerprint density at radius 3 is 2.91 bits per heavy atom. The van der Waals surface area contributed by atoms with Crippen LogP contribution in [-0.2, 0) is 16.1 Å². The van der Waals surface area contributed by atoms with E-state index in [1.807, 2.05) is 0 Å². The van der Waals surface area contributed by atoms with E-state index in [0.717, 1.165) is 5.56 Å². The molecule has 0 saturated heterocycles. The second-order valence-electron chi connectivity index (χ2n) is 4.65. The van der Waals surface area contributed by atoms with Crippen LogP contribution in [0.4, 0.5) is 5.82 Å². The van der Waals surface area contributed by atoms with Gasteiger partial charge in [-0.25, -0.2) is 9.78 Å². The Bertz CT molecular complexity index is 673. The molecule has 1 aromatic heterocycles. The molecule has 1 unspecified atom stereocenters. The molecule has 0 fully saturated rings. The largest absolute Gasteiger partial charge is 0.479 e. The standard InChI is InChI=1S/C16H16N2O4/c1-11(22-14-4-2-3-12(7-14)9-19)16(20)21-10-13-5-6-18-15(17)8-13/h2-9,11H,10H2,1H3,(H2,17,18). The number of hydrogen-bond acceptors (Lipinski definition) is 6. The minimum absolute atomic E-state index is 0.0909. The van der Waals surface area contributed by atoms with E-state index in [9.17, 15) is 9.59 Å². The highest BCUT2D eigenvalue weighted by molar-refractivity contribution is 5.76. The quantitative estimate of drug-likeness (QED) is 0.648. The molecule has 2 aromatic rings. The highest BCUT2D eigenvalue weighted by Crippen LogP contribution is 2.15. The maximum atomic E-state index is 11.9. The molecule has 1 atom stereocenters. The first-order valence-corrected chi connectivity index (χ1v) is 6.67. The van der Waals surface area contributed by atoms with Gasteiger partial charge in [0, 0.05) is 11.8 Å². The number of carbonyl (C=O) groups is 2. The van der Waals surface area contributed by atoms with Crippen LogP contribution in [0.25, 0.3) is 0 Å². The van der Waals surface area contributed by atoms with Crippen molar-refractivity contribution < 1.29 is 19.1 Å². The van der Waals surface area contributed by atoms with Gasteiger partial charge in [-0.15, -0.1) is 0 Å². The molecule has 0 aliphatic heterocycles. The van der Waals surface area contributed by atoms with E-state index in [-0.39, 0.29) is 6.61 Å². The van der Waals surface area contributed by atoms with Crippen molar-refractivity contribution in [1.82, 2.24) is 4.98 Å². The van der Waals surface area contributed by atoms with Crippen molar-refractivity contribution in [2.75, 3.05) is 5.73 Å². The lowest BCUT2D eigenvalue weighted by Crippen LogP contribution is -2.26. The summed E-state index contributed by atoms with van der Waals surface area (Å²) in [6.45, 7) is 1.67. The number of nitrogen functional groups attached to an aromatic ring is 1. The third-order valence-corrected chi connectivity index (χ3v) is 2.87. The average molecular weight is 300 g/mol. The van der Waals surface area contributed by atoms with E-state index in [1.165, 1.54) is 0 Å².